The summed E-state index contributed by atoms with van der Waals surface area (Å²) >= 11 is 0. The molecule has 194 valence electrons. The van der Waals surface area contributed by atoms with Crippen molar-refractivity contribution in [1.29, 1.82) is 0 Å². The standard InChI is InChI=1S/C40H29N/c1-26-16-22-37-35(24-26)36-25-27(2)17-23-38(36)41(37)30-20-18-29(19-21-30)40-33-14-8-6-12-31(33)39(28-10-4-3-5-11-28)32-13-7-9-15-34(32)40/h3-25H,1-2H3. The molecule has 0 fully saturated rings. The fourth-order valence-electron chi connectivity index (χ4n) is 6.66. The average molecular weight is 524 g/mol. The summed E-state index contributed by atoms with van der Waals surface area (Å²) in [5.74, 6) is 0. The Hall–Kier alpha value is -5.14. The lowest BCUT2D eigenvalue weighted by Gasteiger charge is -2.18. The predicted molar refractivity (Wildman–Crippen MR) is 176 cm³/mol. The quantitative estimate of drug-likeness (QED) is 0.203. The van der Waals surface area contributed by atoms with Gasteiger partial charge in [0.25, 0.3) is 0 Å². The molecule has 0 amide bonds. The van der Waals surface area contributed by atoms with Gasteiger partial charge in [-0.2, -0.15) is 0 Å². The van der Waals surface area contributed by atoms with Crippen molar-refractivity contribution in [1.82, 2.24) is 4.57 Å². The van der Waals surface area contributed by atoms with Crippen LogP contribution in [0.5, 0.6) is 0 Å². The van der Waals surface area contributed by atoms with Crippen molar-refractivity contribution in [2.24, 2.45) is 0 Å². The van der Waals surface area contributed by atoms with E-state index in [9.17, 15) is 0 Å². The Balaban J connectivity index is 1.37. The van der Waals surface area contributed by atoms with E-state index in [2.05, 4.69) is 158 Å². The lowest BCUT2D eigenvalue weighted by atomic mass is 9.86. The first-order valence-corrected chi connectivity index (χ1v) is 14.3. The van der Waals surface area contributed by atoms with E-state index in [1.165, 1.54) is 82.4 Å². The molecule has 0 saturated carbocycles. The molecule has 0 aliphatic rings. The fraction of sp³-hybridized carbons (Fsp3) is 0.0500. The van der Waals surface area contributed by atoms with Crippen molar-refractivity contribution in [2.45, 2.75) is 13.8 Å². The number of hydrogen-bond acceptors (Lipinski definition) is 0. The number of aromatic nitrogens is 1. The van der Waals surface area contributed by atoms with Gasteiger partial charge in [0, 0.05) is 16.5 Å². The molecule has 0 unspecified atom stereocenters. The Morgan fingerprint density at radius 3 is 1.24 bits per heavy atom. The molecule has 0 radical (unpaired) electrons. The van der Waals surface area contributed by atoms with Crippen LogP contribution < -0.4 is 0 Å². The molecule has 8 aromatic rings. The Kier molecular flexibility index (Phi) is 5.33. The van der Waals surface area contributed by atoms with Gasteiger partial charge in [-0.05, 0) is 94.0 Å². The zero-order chi connectivity index (χ0) is 27.5. The first kappa shape index (κ1) is 23.7. The molecule has 41 heavy (non-hydrogen) atoms. The van der Waals surface area contributed by atoms with Crippen LogP contribution in [0.2, 0.25) is 0 Å². The average Bonchev–Trinajstić information content (AvgIpc) is 3.33. The van der Waals surface area contributed by atoms with E-state index < -0.39 is 0 Å². The Bertz CT molecular complexity index is 2130. The Morgan fingerprint density at radius 1 is 0.366 bits per heavy atom. The summed E-state index contributed by atoms with van der Waals surface area (Å²) in [7, 11) is 0. The molecular weight excluding hydrogens is 494 g/mol. The molecule has 0 atom stereocenters. The molecule has 0 aliphatic heterocycles. The van der Waals surface area contributed by atoms with Crippen LogP contribution in [0.4, 0.5) is 0 Å². The van der Waals surface area contributed by atoms with Crippen molar-refractivity contribution < 1.29 is 0 Å². The Labute approximate surface area is 239 Å². The number of nitrogens with zero attached hydrogens (tertiary/aromatic N) is 1. The molecular formula is C40H29N. The summed E-state index contributed by atoms with van der Waals surface area (Å²) in [5, 5.41) is 7.73. The van der Waals surface area contributed by atoms with Crippen molar-refractivity contribution >= 4 is 43.4 Å². The van der Waals surface area contributed by atoms with Crippen LogP contribution in [0.15, 0.2) is 140 Å². The van der Waals surface area contributed by atoms with Crippen molar-refractivity contribution in [3.05, 3.63) is 151 Å². The first-order valence-electron chi connectivity index (χ1n) is 14.3. The van der Waals surface area contributed by atoms with Crippen LogP contribution in [-0.2, 0) is 0 Å². The third-order valence-electron chi connectivity index (χ3n) is 8.48. The van der Waals surface area contributed by atoms with Gasteiger partial charge in [-0.15, -0.1) is 0 Å². The minimum Gasteiger partial charge on any atom is -0.309 e. The van der Waals surface area contributed by atoms with Gasteiger partial charge in [-0.3, -0.25) is 0 Å². The molecule has 0 bridgehead atoms. The highest BCUT2D eigenvalue weighted by Crippen LogP contribution is 2.44. The smallest absolute Gasteiger partial charge is 0.0541 e. The van der Waals surface area contributed by atoms with Crippen molar-refractivity contribution in [3.8, 4) is 27.9 Å². The highest BCUT2D eigenvalue weighted by molar-refractivity contribution is 6.21. The van der Waals surface area contributed by atoms with Crippen LogP contribution in [0.25, 0.3) is 71.3 Å². The van der Waals surface area contributed by atoms with Gasteiger partial charge in [-0.25, -0.2) is 0 Å². The van der Waals surface area contributed by atoms with Gasteiger partial charge in [0.05, 0.1) is 11.0 Å². The van der Waals surface area contributed by atoms with E-state index in [1.807, 2.05) is 0 Å². The zero-order valence-corrected chi connectivity index (χ0v) is 23.2. The molecule has 0 saturated heterocycles. The fourth-order valence-corrected chi connectivity index (χ4v) is 6.66. The third-order valence-corrected chi connectivity index (χ3v) is 8.48. The highest BCUT2D eigenvalue weighted by atomic mass is 15.0. The van der Waals surface area contributed by atoms with Crippen molar-refractivity contribution in [2.75, 3.05) is 0 Å². The third kappa shape index (κ3) is 3.70. The zero-order valence-electron chi connectivity index (χ0n) is 23.2. The maximum atomic E-state index is 2.40. The maximum absolute atomic E-state index is 2.40. The molecule has 1 heteroatoms. The van der Waals surface area contributed by atoms with E-state index in [1.54, 1.807) is 0 Å². The second-order valence-electron chi connectivity index (χ2n) is 11.1. The van der Waals surface area contributed by atoms with Crippen LogP contribution in [0.1, 0.15) is 11.1 Å². The first-order chi connectivity index (χ1) is 20.2. The van der Waals surface area contributed by atoms with Gasteiger partial charge in [0.15, 0.2) is 0 Å². The summed E-state index contributed by atoms with van der Waals surface area (Å²) in [4.78, 5) is 0. The topological polar surface area (TPSA) is 4.93 Å². The largest absolute Gasteiger partial charge is 0.309 e. The number of benzene rings is 7. The second-order valence-corrected chi connectivity index (χ2v) is 11.1. The molecule has 7 aromatic carbocycles. The van der Waals surface area contributed by atoms with Gasteiger partial charge < -0.3 is 4.57 Å². The minimum absolute atomic E-state index is 1.18. The molecule has 0 spiro atoms. The van der Waals surface area contributed by atoms with Crippen LogP contribution >= 0.6 is 0 Å². The number of hydrogen-bond donors (Lipinski definition) is 0. The van der Waals surface area contributed by atoms with E-state index in [-0.39, 0.29) is 0 Å². The van der Waals surface area contributed by atoms with E-state index in [0.29, 0.717) is 0 Å². The van der Waals surface area contributed by atoms with Gasteiger partial charge in [0.2, 0.25) is 0 Å². The summed E-state index contributed by atoms with van der Waals surface area (Å²) in [6, 6.07) is 51.2. The summed E-state index contributed by atoms with van der Waals surface area (Å²) in [6.07, 6.45) is 0. The predicted octanol–water partition coefficient (Wildman–Crippen LogP) is 11.0. The maximum Gasteiger partial charge on any atom is 0.0541 e. The van der Waals surface area contributed by atoms with E-state index in [0.717, 1.165) is 0 Å². The van der Waals surface area contributed by atoms with Gasteiger partial charge >= 0.3 is 0 Å². The lowest BCUT2D eigenvalue weighted by molar-refractivity contribution is 1.18. The lowest BCUT2D eigenvalue weighted by Crippen LogP contribution is -1.95. The summed E-state index contributed by atoms with van der Waals surface area (Å²) < 4.78 is 2.40. The minimum atomic E-state index is 1.18. The molecule has 1 heterocycles. The van der Waals surface area contributed by atoms with Crippen LogP contribution in [0.3, 0.4) is 0 Å². The molecule has 8 rings (SSSR count). The van der Waals surface area contributed by atoms with E-state index >= 15 is 0 Å². The molecule has 0 aliphatic carbocycles. The van der Waals surface area contributed by atoms with Gasteiger partial charge in [-0.1, -0.05) is 114 Å². The molecule has 1 nitrogen and oxygen atoms in total. The second kappa shape index (κ2) is 9.21. The highest BCUT2D eigenvalue weighted by Gasteiger charge is 2.17. The molecule has 0 N–H and O–H groups in total. The van der Waals surface area contributed by atoms with Crippen molar-refractivity contribution in [3.63, 3.8) is 0 Å². The molecule has 1 aromatic heterocycles. The number of fused-ring (bicyclic) bond motifs is 5. The normalized spacial score (nSPS) is 11.7. The number of aryl methyl sites for hydroxylation is 2. The van der Waals surface area contributed by atoms with Gasteiger partial charge in [0.1, 0.15) is 0 Å². The van der Waals surface area contributed by atoms with Crippen LogP contribution in [0, 0.1) is 13.8 Å². The number of rotatable bonds is 3. The summed E-state index contributed by atoms with van der Waals surface area (Å²) in [5.41, 5.74) is 11.3. The van der Waals surface area contributed by atoms with E-state index in [4.69, 9.17) is 0 Å². The summed E-state index contributed by atoms with van der Waals surface area (Å²) in [6.45, 7) is 4.34. The Morgan fingerprint density at radius 2 is 0.780 bits per heavy atom. The van der Waals surface area contributed by atoms with Crippen LogP contribution in [-0.4, -0.2) is 4.57 Å². The SMILES string of the molecule is Cc1ccc2c(c1)c1cc(C)ccc1n2-c1ccc(-c2c3ccccc3c(-c3ccccc3)c3ccccc23)cc1. The monoisotopic (exact) mass is 523 g/mol.